The van der Waals surface area contributed by atoms with Crippen LogP contribution in [0, 0.1) is 11.8 Å². The number of halogens is 1. The largest absolute Gasteiger partial charge is 0.461 e. The van der Waals surface area contributed by atoms with Crippen molar-refractivity contribution < 1.29 is 9.53 Å². The average molecular weight is 307 g/mol. The summed E-state index contributed by atoms with van der Waals surface area (Å²) in [6.07, 6.45) is 3.14. The lowest BCUT2D eigenvalue weighted by molar-refractivity contribution is -0.146. The second kappa shape index (κ2) is 8.31. The fourth-order valence-electron chi connectivity index (χ4n) is 2.13. The van der Waals surface area contributed by atoms with Crippen LogP contribution >= 0.6 is 11.6 Å². The molecular formula is C15H31ClO2Si. The van der Waals surface area contributed by atoms with Crippen LogP contribution in [0.25, 0.3) is 0 Å². The Bertz CT molecular complexity index is 274. The molecule has 0 N–H and O–H groups in total. The van der Waals surface area contributed by atoms with Gasteiger partial charge in [0.1, 0.15) is 6.10 Å². The van der Waals surface area contributed by atoms with Crippen LogP contribution in [0.5, 0.6) is 0 Å². The fourth-order valence-corrected chi connectivity index (χ4v) is 3.60. The van der Waals surface area contributed by atoms with Gasteiger partial charge in [-0.3, -0.25) is 4.79 Å². The van der Waals surface area contributed by atoms with Crippen molar-refractivity contribution in [3.8, 4) is 0 Å². The Morgan fingerprint density at radius 1 is 1.16 bits per heavy atom. The van der Waals surface area contributed by atoms with Gasteiger partial charge in [0.15, 0.2) is 0 Å². The molecule has 0 radical (unpaired) electrons. The van der Waals surface area contributed by atoms with E-state index in [2.05, 4.69) is 40.4 Å². The third kappa shape index (κ3) is 8.69. The normalized spacial score (nSPS) is 17.1. The zero-order valence-electron chi connectivity index (χ0n) is 13.6. The average Bonchev–Trinajstić information content (AvgIpc) is 2.22. The van der Waals surface area contributed by atoms with Gasteiger partial charge in [-0.2, -0.15) is 0 Å². The maximum Gasteiger partial charge on any atom is 0.302 e. The molecule has 0 amide bonds. The van der Waals surface area contributed by atoms with Crippen molar-refractivity contribution in [2.75, 3.05) is 0 Å². The molecule has 3 atom stereocenters. The molecule has 0 saturated heterocycles. The van der Waals surface area contributed by atoms with Crippen LogP contribution in [-0.4, -0.2) is 25.1 Å². The molecule has 0 rings (SSSR count). The smallest absolute Gasteiger partial charge is 0.302 e. The summed E-state index contributed by atoms with van der Waals surface area (Å²) in [6.45, 7) is 14.8. The van der Waals surface area contributed by atoms with Crippen molar-refractivity contribution in [1.29, 1.82) is 0 Å². The number of ether oxygens (including phenoxy) is 1. The Labute approximate surface area is 125 Å². The molecule has 0 fully saturated rings. The molecule has 0 saturated carbocycles. The maximum atomic E-state index is 11.3. The summed E-state index contributed by atoms with van der Waals surface area (Å²) in [6, 6.07) is 0. The topological polar surface area (TPSA) is 26.3 Å². The number of esters is 1. The van der Waals surface area contributed by atoms with Crippen LogP contribution in [0.3, 0.4) is 0 Å². The Morgan fingerprint density at radius 2 is 1.68 bits per heavy atom. The molecule has 0 aliphatic rings. The molecule has 2 nitrogen and oxygen atoms in total. The van der Waals surface area contributed by atoms with Gasteiger partial charge in [0.2, 0.25) is 0 Å². The zero-order chi connectivity index (χ0) is 15.2. The summed E-state index contributed by atoms with van der Waals surface area (Å²) in [4.78, 5) is 11.3. The number of alkyl halides is 1. The minimum atomic E-state index is -1.51. The van der Waals surface area contributed by atoms with E-state index in [-0.39, 0.29) is 17.1 Å². The number of rotatable bonds is 8. The first-order valence-corrected chi connectivity index (χ1v) is 11.4. The first-order valence-electron chi connectivity index (χ1n) is 7.35. The van der Waals surface area contributed by atoms with Crippen LogP contribution in [-0.2, 0) is 9.53 Å². The zero-order valence-corrected chi connectivity index (χ0v) is 15.4. The lowest BCUT2D eigenvalue weighted by Crippen LogP contribution is -2.45. The summed E-state index contributed by atoms with van der Waals surface area (Å²) in [5.74, 6) is 1.05. The Balaban J connectivity index is 4.55. The van der Waals surface area contributed by atoms with Gasteiger partial charge in [0, 0.05) is 6.92 Å². The van der Waals surface area contributed by atoms with E-state index in [1.54, 1.807) is 0 Å². The van der Waals surface area contributed by atoms with Crippen LogP contribution < -0.4 is 0 Å². The van der Waals surface area contributed by atoms with Crippen molar-refractivity contribution in [1.82, 2.24) is 0 Å². The Morgan fingerprint density at radius 3 is 2.05 bits per heavy atom. The predicted molar refractivity (Wildman–Crippen MR) is 86.4 cm³/mol. The van der Waals surface area contributed by atoms with E-state index in [9.17, 15) is 4.79 Å². The highest BCUT2D eigenvalue weighted by Crippen LogP contribution is 2.27. The van der Waals surface area contributed by atoms with Crippen molar-refractivity contribution in [3.63, 3.8) is 0 Å². The van der Waals surface area contributed by atoms with Crippen LogP contribution in [0.1, 0.15) is 47.0 Å². The predicted octanol–water partition coefficient (Wildman–Crippen LogP) is 4.87. The van der Waals surface area contributed by atoms with Crippen LogP contribution in [0.4, 0.5) is 0 Å². The lowest BCUT2D eigenvalue weighted by atomic mass is 9.95. The quantitative estimate of drug-likeness (QED) is 0.363. The van der Waals surface area contributed by atoms with Crippen LogP contribution in [0.2, 0.25) is 19.6 Å². The standard InChI is InChI=1S/C15H31ClO2Si/c1-11(2)8-9-12(3)10-14(18-13(4)17)15(16)19(5,6)7/h11-12,14-15H,8-10H2,1-7H3. The Hall–Kier alpha value is -0.0231. The number of hydrogen-bond donors (Lipinski definition) is 0. The van der Waals surface area contributed by atoms with E-state index in [0.717, 1.165) is 12.3 Å². The van der Waals surface area contributed by atoms with Gasteiger partial charge in [-0.15, -0.1) is 11.6 Å². The molecule has 0 aliphatic heterocycles. The minimum absolute atomic E-state index is 0.0158. The van der Waals surface area contributed by atoms with E-state index in [0.29, 0.717) is 5.92 Å². The van der Waals surface area contributed by atoms with E-state index < -0.39 is 8.07 Å². The number of carbonyl (C=O) groups excluding carboxylic acids is 1. The van der Waals surface area contributed by atoms with Crippen molar-refractivity contribution in [2.45, 2.75) is 77.7 Å². The fraction of sp³-hybridized carbons (Fsp3) is 0.933. The highest BCUT2D eigenvalue weighted by atomic mass is 35.5. The van der Waals surface area contributed by atoms with Gasteiger partial charge in [-0.25, -0.2) is 0 Å². The molecule has 19 heavy (non-hydrogen) atoms. The van der Waals surface area contributed by atoms with Crippen molar-refractivity contribution in [2.24, 2.45) is 11.8 Å². The summed E-state index contributed by atoms with van der Waals surface area (Å²) in [7, 11) is -1.51. The molecule has 0 spiro atoms. The maximum absolute atomic E-state index is 11.3. The van der Waals surface area contributed by atoms with E-state index in [1.807, 2.05) is 0 Å². The molecule has 114 valence electrons. The SMILES string of the molecule is CC(=O)OC(CC(C)CCC(C)C)C(Cl)[Si](C)(C)C. The van der Waals surface area contributed by atoms with Gasteiger partial charge in [-0.1, -0.05) is 53.3 Å². The number of hydrogen-bond acceptors (Lipinski definition) is 2. The Kier molecular flexibility index (Phi) is 8.30. The number of carbonyl (C=O) groups is 1. The highest BCUT2D eigenvalue weighted by molar-refractivity contribution is 6.84. The van der Waals surface area contributed by atoms with Crippen molar-refractivity contribution >= 4 is 25.6 Å². The van der Waals surface area contributed by atoms with Gasteiger partial charge >= 0.3 is 5.97 Å². The summed E-state index contributed by atoms with van der Waals surface area (Å²) in [5, 5.41) is -0.0158. The van der Waals surface area contributed by atoms with Gasteiger partial charge in [-0.05, 0) is 18.3 Å². The first kappa shape index (κ1) is 19.0. The monoisotopic (exact) mass is 306 g/mol. The third-order valence-electron chi connectivity index (χ3n) is 3.34. The lowest BCUT2D eigenvalue weighted by Gasteiger charge is -2.32. The molecule has 0 aliphatic carbocycles. The molecular weight excluding hydrogens is 276 g/mol. The molecule has 0 heterocycles. The minimum Gasteiger partial charge on any atom is -0.461 e. The molecule has 0 aromatic rings. The van der Waals surface area contributed by atoms with E-state index in [1.165, 1.54) is 19.8 Å². The second-order valence-electron chi connectivity index (χ2n) is 7.23. The highest BCUT2D eigenvalue weighted by Gasteiger charge is 2.34. The summed E-state index contributed by atoms with van der Waals surface area (Å²) >= 11 is 6.56. The van der Waals surface area contributed by atoms with Crippen molar-refractivity contribution in [3.05, 3.63) is 0 Å². The molecule has 0 aromatic carbocycles. The summed E-state index contributed by atoms with van der Waals surface area (Å²) in [5.41, 5.74) is 0. The van der Waals surface area contributed by atoms with E-state index >= 15 is 0 Å². The van der Waals surface area contributed by atoms with Gasteiger partial charge < -0.3 is 4.74 Å². The molecule has 3 unspecified atom stereocenters. The second-order valence-corrected chi connectivity index (χ2v) is 13.4. The molecule has 0 bridgehead atoms. The van der Waals surface area contributed by atoms with Gasteiger partial charge in [0.05, 0.1) is 13.1 Å². The molecule has 4 heteroatoms. The van der Waals surface area contributed by atoms with Gasteiger partial charge in [0.25, 0.3) is 0 Å². The van der Waals surface area contributed by atoms with E-state index in [4.69, 9.17) is 16.3 Å². The molecule has 0 aromatic heterocycles. The summed E-state index contributed by atoms with van der Waals surface area (Å²) < 4.78 is 5.48. The van der Waals surface area contributed by atoms with Crippen LogP contribution in [0.15, 0.2) is 0 Å². The first-order chi connectivity index (χ1) is 8.54. The third-order valence-corrected chi connectivity index (χ3v) is 7.61.